The number of anilines is 2. The third-order valence-electron chi connectivity index (χ3n) is 5.20. The van der Waals surface area contributed by atoms with Gasteiger partial charge in [-0.25, -0.2) is 13.8 Å². The fraction of sp³-hybridized carbons (Fsp3) is 0.333. The van der Waals surface area contributed by atoms with Gasteiger partial charge in [-0.05, 0) is 42.1 Å². The Morgan fingerprint density at radius 3 is 2.74 bits per heavy atom. The average molecular weight is 533 g/mol. The largest absolute Gasteiger partial charge is 0.494 e. The van der Waals surface area contributed by atoms with Crippen LogP contribution in [0.3, 0.4) is 0 Å². The first-order chi connectivity index (χ1) is 15.4. The zero-order chi connectivity index (χ0) is 22.8. The molecule has 34 heavy (non-hydrogen) atoms. The maximum atomic E-state index is 14.5. The monoisotopic (exact) mass is 532 g/mol. The van der Waals surface area contributed by atoms with Crippen molar-refractivity contribution in [2.24, 2.45) is 11.7 Å². The maximum Gasteiger partial charge on any atom is 0.286 e. The molecule has 8 nitrogen and oxygen atoms in total. The number of rotatable bonds is 5. The van der Waals surface area contributed by atoms with Crippen molar-refractivity contribution in [1.82, 2.24) is 14.3 Å². The number of carbonyl (C=O) groups excluding carboxylic acids is 1. The van der Waals surface area contributed by atoms with E-state index in [0.717, 1.165) is 36.3 Å². The van der Waals surface area contributed by atoms with E-state index in [9.17, 15) is 13.6 Å². The molecule has 1 fully saturated rings. The van der Waals surface area contributed by atoms with Crippen molar-refractivity contribution in [1.29, 1.82) is 0 Å². The number of nitrogens with one attached hydrogen (secondary N) is 1. The minimum atomic E-state index is -0.928. The van der Waals surface area contributed by atoms with Crippen LogP contribution in [-0.4, -0.2) is 46.5 Å². The maximum absolute atomic E-state index is 14.5. The summed E-state index contributed by atoms with van der Waals surface area (Å²) >= 11 is 0.744. The van der Waals surface area contributed by atoms with Crippen LogP contribution in [0.25, 0.3) is 11.4 Å². The minimum absolute atomic E-state index is 0. The molecule has 184 valence electrons. The van der Waals surface area contributed by atoms with E-state index in [1.54, 1.807) is 12.4 Å². The molecule has 3 N–H and O–H groups in total. The number of benzene rings is 1. The molecule has 4 rings (SSSR count). The van der Waals surface area contributed by atoms with E-state index in [4.69, 9.17) is 10.5 Å². The number of nitrogens with two attached hydrogens (primary N) is 1. The average Bonchev–Trinajstić information content (AvgIpc) is 3.23. The lowest BCUT2D eigenvalue weighted by molar-refractivity contribution is 0.102. The fourth-order valence-electron chi connectivity index (χ4n) is 3.84. The van der Waals surface area contributed by atoms with Crippen molar-refractivity contribution in [3.05, 3.63) is 47.2 Å². The molecule has 0 radical (unpaired) electrons. The fourth-order valence-corrected chi connectivity index (χ4v) is 4.41. The molecule has 2 aromatic heterocycles. The highest BCUT2D eigenvalue weighted by Gasteiger charge is 2.26. The summed E-state index contributed by atoms with van der Waals surface area (Å²) in [6.45, 7) is 3.59. The number of aromatic nitrogens is 3. The zero-order valence-corrected chi connectivity index (χ0v) is 20.8. The quantitative estimate of drug-likeness (QED) is 0.508. The molecule has 1 saturated heterocycles. The molecule has 0 unspecified atom stereocenters. The molecule has 0 bridgehead atoms. The third-order valence-corrected chi connectivity index (χ3v) is 5.91. The van der Waals surface area contributed by atoms with Crippen LogP contribution >= 0.6 is 36.3 Å². The van der Waals surface area contributed by atoms with Gasteiger partial charge >= 0.3 is 0 Å². The van der Waals surface area contributed by atoms with Gasteiger partial charge < -0.3 is 20.7 Å². The summed E-state index contributed by atoms with van der Waals surface area (Å²) < 4.78 is 37.6. The number of ether oxygens (including phenoxy) is 1. The van der Waals surface area contributed by atoms with Gasteiger partial charge in [0, 0.05) is 25.3 Å². The number of carbonyl (C=O) groups is 1. The van der Waals surface area contributed by atoms with Gasteiger partial charge in [0.05, 0.1) is 30.2 Å². The highest BCUT2D eigenvalue weighted by atomic mass is 35.5. The standard InChI is InChI=1S/C21H22F2N6O2S.2ClH/c1-11-7-12(24)10-29(9-11)15-5-6-25-8-14(15)26-20(30)21-27-19(28-32-21)17-13(22)3-4-16(31-2)18(17)23;;/h3-6,8,11-12H,7,9-10,24H2,1-2H3,(H,26,30);2*1H/t11-,12+;;/m1../s1. The van der Waals surface area contributed by atoms with Gasteiger partial charge in [-0.3, -0.25) is 9.78 Å². The van der Waals surface area contributed by atoms with Crippen LogP contribution < -0.4 is 20.7 Å². The van der Waals surface area contributed by atoms with Gasteiger partial charge in [0.1, 0.15) is 5.82 Å². The normalized spacial score (nSPS) is 17.4. The van der Waals surface area contributed by atoms with E-state index >= 15 is 0 Å². The molecule has 1 aromatic carbocycles. The van der Waals surface area contributed by atoms with Gasteiger partial charge in [-0.1, -0.05) is 6.92 Å². The second kappa shape index (κ2) is 11.7. The molecule has 0 saturated carbocycles. The van der Waals surface area contributed by atoms with Gasteiger partial charge in [-0.2, -0.15) is 4.37 Å². The Hall–Kier alpha value is -2.60. The molecule has 0 aliphatic carbocycles. The number of amides is 1. The van der Waals surface area contributed by atoms with E-state index in [0.29, 0.717) is 18.2 Å². The number of halogens is 4. The Balaban J connectivity index is 0.00000204. The van der Waals surface area contributed by atoms with Gasteiger partial charge in [-0.15, -0.1) is 24.8 Å². The van der Waals surface area contributed by atoms with Gasteiger partial charge in [0.15, 0.2) is 17.4 Å². The third kappa shape index (κ3) is 5.72. The Kier molecular flexibility index (Phi) is 9.51. The minimum Gasteiger partial charge on any atom is -0.494 e. The lowest BCUT2D eigenvalue weighted by atomic mass is 9.96. The van der Waals surface area contributed by atoms with Crippen LogP contribution in [0.2, 0.25) is 0 Å². The van der Waals surface area contributed by atoms with E-state index < -0.39 is 23.1 Å². The molecule has 13 heteroatoms. The van der Waals surface area contributed by atoms with E-state index in [1.807, 2.05) is 6.07 Å². The van der Waals surface area contributed by atoms with Crippen molar-refractivity contribution < 1.29 is 18.3 Å². The first-order valence-electron chi connectivity index (χ1n) is 9.99. The highest BCUT2D eigenvalue weighted by Crippen LogP contribution is 2.32. The molecule has 3 aromatic rings. The Morgan fingerprint density at radius 2 is 2.03 bits per heavy atom. The number of methoxy groups -OCH3 is 1. The van der Waals surface area contributed by atoms with Crippen molar-refractivity contribution >= 4 is 53.6 Å². The topological polar surface area (TPSA) is 106 Å². The molecule has 1 aliphatic rings. The molecule has 2 atom stereocenters. The summed E-state index contributed by atoms with van der Waals surface area (Å²) in [5, 5.41) is 2.74. The van der Waals surface area contributed by atoms with Crippen LogP contribution in [-0.2, 0) is 0 Å². The molecule has 1 amide bonds. The molecule has 3 heterocycles. The SMILES string of the molecule is COc1ccc(F)c(-c2nsc(C(=O)Nc3cnccc3N3C[C@H](C)C[C@H](N)C3)n2)c1F.Cl.Cl. The number of pyridine rings is 1. The second-order valence-corrected chi connectivity index (χ2v) is 8.47. The molecular weight excluding hydrogens is 509 g/mol. The number of hydrogen-bond acceptors (Lipinski definition) is 8. The van der Waals surface area contributed by atoms with Gasteiger partial charge in [0.2, 0.25) is 5.01 Å². The van der Waals surface area contributed by atoms with Crippen molar-refractivity contribution in [2.45, 2.75) is 19.4 Å². The summed E-state index contributed by atoms with van der Waals surface area (Å²) in [5.41, 5.74) is 7.01. The summed E-state index contributed by atoms with van der Waals surface area (Å²) in [5.74, 6) is -2.29. The highest BCUT2D eigenvalue weighted by molar-refractivity contribution is 7.08. The van der Waals surface area contributed by atoms with Crippen molar-refractivity contribution in [3.8, 4) is 17.1 Å². The predicted octanol–water partition coefficient (Wildman–Crippen LogP) is 4.16. The number of hydrogen-bond donors (Lipinski definition) is 2. The van der Waals surface area contributed by atoms with Crippen LogP contribution in [0.15, 0.2) is 30.6 Å². The lowest BCUT2D eigenvalue weighted by Crippen LogP contribution is -2.46. The predicted molar refractivity (Wildman–Crippen MR) is 132 cm³/mol. The Bertz CT molecular complexity index is 1140. The van der Waals surface area contributed by atoms with Crippen molar-refractivity contribution in [2.75, 3.05) is 30.4 Å². The summed E-state index contributed by atoms with van der Waals surface area (Å²) in [7, 11) is 1.27. The van der Waals surface area contributed by atoms with E-state index in [2.05, 4.69) is 31.5 Å². The van der Waals surface area contributed by atoms with Crippen molar-refractivity contribution in [3.63, 3.8) is 0 Å². The molecular formula is C21H24Cl2F2N6O2S. The first-order valence-corrected chi connectivity index (χ1v) is 10.8. The summed E-state index contributed by atoms with van der Waals surface area (Å²) in [6.07, 6.45) is 4.13. The number of piperidine rings is 1. The second-order valence-electron chi connectivity index (χ2n) is 7.71. The van der Waals surface area contributed by atoms with E-state index in [-0.39, 0.29) is 47.4 Å². The molecule has 1 aliphatic heterocycles. The van der Waals surface area contributed by atoms with Crippen LogP contribution in [0, 0.1) is 17.6 Å². The Labute approximate surface area is 211 Å². The first kappa shape index (κ1) is 27.6. The van der Waals surface area contributed by atoms with E-state index in [1.165, 1.54) is 13.2 Å². The number of nitrogens with zero attached hydrogens (tertiary/aromatic N) is 4. The summed E-state index contributed by atoms with van der Waals surface area (Å²) in [4.78, 5) is 23.1. The van der Waals surface area contributed by atoms with Crippen LogP contribution in [0.5, 0.6) is 5.75 Å². The van der Waals surface area contributed by atoms with Crippen LogP contribution in [0.1, 0.15) is 23.1 Å². The van der Waals surface area contributed by atoms with Gasteiger partial charge in [0.25, 0.3) is 5.91 Å². The molecule has 0 spiro atoms. The summed E-state index contributed by atoms with van der Waals surface area (Å²) in [6, 6.07) is 4.08. The lowest BCUT2D eigenvalue weighted by Gasteiger charge is -2.37. The Morgan fingerprint density at radius 1 is 1.26 bits per heavy atom. The zero-order valence-electron chi connectivity index (χ0n) is 18.3. The smallest absolute Gasteiger partial charge is 0.286 e. The van der Waals surface area contributed by atoms with Crippen LogP contribution in [0.4, 0.5) is 20.2 Å².